The number of nitrogens with zero attached hydrogens (tertiary/aromatic N) is 1. The Kier molecular flexibility index (Phi) is 11.8. The predicted molar refractivity (Wildman–Crippen MR) is 143 cm³/mol. The summed E-state index contributed by atoms with van der Waals surface area (Å²) in [5.74, 6) is 2.21. The van der Waals surface area contributed by atoms with Crippen molar-refractivity contribution in [3.63, 3.8) is 0 Å². The first-order valence-electron chi connectivity index (χ1n) is 10.5. The average Bonchev–Trinajstić information content (AvgIpc) is 2.75. The van der Waals surface area contributed by atoms with Gasteiger partial charge >= 0.3 is 6.09 Å². The lowest BCUT2D eigenvalue weighted by Gasteiger charge is -2.19. The summed E-state index contributed by atoms with van der Waals surface area (Å²) in [6.45, 7) is 6.77. The first-order chi connectivity index (χ1) is 15.2. The Morgan fingerprint density at radius 3 is 2.27 bits per heavy atom. The number of hydrogen-bond donors (Lipinski definition) is 3. The van der Waals surface area contributed by atoms with Crippen molar-refractivity contribution in [1.82, 2.24) is 10.6 Å². The van der Waals surface area contributed by atoms with Gasteiger partial charge in [-0.15, -0.1) is 24.0 Å². The SMILES string of the molecule is CN=C(NCCc1ccc(NC(=O)OC(C)(C)C)cc1)NCc1ccc(OC)cc1OC.I. The zero-order valence-corrected chi connectivity index (χ0v) is 22.5. The van der Waals surface area contributed by atoms with Crippen molar-refractivity contribution in [1.29, 1.82) is 0 Å². The van der Waals surface area contributed by atoms with Crippen LogP contribution < -0.4 is 25.4 Å². The van der Waals surface area contributed by atoms with E-state index in [1.54, 1.807) is 21.3 Å². The molecule has 182 valence electrons. The highest BCUT2D eigenvalue weighted by Gasteiger charge is 2.16. The van der Waals surface area contributed by atoms with E-state index in [1.165, 1.54) is 0 Å². The Morgan fingerprint density at radius 1 is 1.00 bits per heavy atom. The number of nitrogens with one attached hydrogen (secondary N) is 3. The average molecular weight is 570 g/mol. The van der Waals surface area contributed by atoms with Crippen LogP contribution >= 0.6 is 24.0 Å². The fourth-order valence-corrected chi connectivity index (χ4v) is 2.90. The van der Waals surface area contributed by atoms with E-state index in [-0.39, 0.29) is 24.0 Å². The van der Waals surface area contributed by atoms with Crippen LogP contribution in [0.15, 0.2) is 47.5 Å². The van der Waals surface area contributed by atoms with Gasteiger partial charge in [0, 0.05) is 37.5 Å². The van der Waals surface area contributed by atoms with Gasteiger partial charge in [-0.25, -0.2) is 4.79 Å². The maximum Gasteiger partial charge on any atom is 0.412 e. The van der Waals surface area contributed by atoms with Gasteiger partial charge in [0.1, 0.15) is 17.1 Å². The molecule has 0 heterocycles. The number of methoxy groups -OCH3 is 2. The van der Waals surface area contributed by atoms with E-state index >= 15 is 0 Å². The molecule has 0 aliphatic carbocycles. The lowest BCUT2D eigenvalue weighted by Crippen LogP contribution is -2.37. The molecule has 0 saturated heterocycles. The molecule has 0 aliphatic heterocycles. The molecule has 0 spiro atoms. The van der Waals surface area contributed by atoms with E-state index in [1.807, 2.05) is 63.2 Å². The second kappa shape index (κ2) is 13.8. The lowest BCUT2D eigenvalue weighted by atomic mass is 10.1. The number of rotatable bonds is 8. The highest BCUT2D eigenvalue weighted by atomic mass is 127. The second-order valence-corrected chi connectivity index (χ2v) is 8.10. The predicted octanol–water partition coefficient (Wildman–Crippen LogP) is 4.58. The van der Waals surface area contributed by atoms with E-state index in [9.17, 15) is 4.79 Å². The van der Waals surface area contributed by atoms with Gasteiger partial charge in [0.05, 0.1) is 14.2 Å². The van der Waals surface area contributed by atoms with Crippen molar-refractivity contribution >= 4 is 41.7 Å². The molecule has 0 bridgehead atoms. The molecule has 1 amide bonds. The van der Waals surface area contributed by atoms with Gasteiger partial charge < -0.3 is 24.8 Å². The molecule has 2 aromatic carbocycles. The number of aliphatic imine (C=N–C) groups is 1. The third-order valence-electron chi connectivity index (χ3n) is 4.47. The van der Waals surface area contributed by atoms with Gasteiger partial charge in [-0.3, -0.25) is 10.3 Å². The Balaban J connectivity index is 0.00000544. The Morgan fingerprint density at radius 2 is 1.70 bits per heavy atom. The minimum atomic E-state index is -0.527. The number of amides is 1. The van der Waals surface area contributed by atoms with E-state index in [0.29, 0.717) is 24.7 Å². The summed E-state index contributed by atoms with van der Waals surface area (Å²) in [6.07, 6.45) is 0.342. The summed E-state index contributed by atoms with van der Waals surface area (Å²) >= 11 is 0. The van der Waals surface area contributed by atoms with Crippen molar-refractivity contribution < 1.29 is 19.0 Å². The van der Waals surface area contributed by atoms with Gasteiger partial charge in [0.15, 0.2) is 5.96 Å². The molecule has 3 N–H and O–H groups in total. The number of anilines is 1. The molecule has 0 fully saturated rings. The van der Waals surface area contributed by atoms with E-state index in [2.05, 4.69) is 20.9 Å². The number of ether oxygens (including phenoxy) is 3. The number of benzene rings is 2. The van der Waals surface area contributed by atoms with Crippen molar-refractivity contribution in [3.8, 4) is 11.5 Å². The number of carbonyl (C=O) groups excluding carboxylic acids is 1. The van der Waals surface area contributed by atoms with Crippen molar-refractivity contribution in [3.05, 3.63) is 53.6 Å². The molecule has 0 aromatic heterocycles. The Bertz CT molecular complexity index is 912. The van der Waals surface area contributed by atoms with Gasteiger partial charge in [-0.1, -0.05) is 12.1 Å². The smallest absolute Gasteiger partial charge is 0.412 e. The van der Waals surface area contributed by atoms with Crippen LogP contribution in [0.25, 0.3) is 0 Å². The maximum absolute atomic E-state index is 11.9. The number of halogens is 1. The van der Waals surface area contributed by atoms with Crippen LogP contribution in [0, 0.1) is 0 Å². The molecule has 2 aromatic rings. The molecule has 9 heteroatoms. The fraction of sp³-hybridized carbons (Fsp3) is 0.417. The standard InChI is InChI=1S/C24H34N4O4.HI/c1-24(2,3)32-23(29)28-19-10-7-17(8-11-19)13-14-26-22(25-4)27-16-18-9-12-20(30-5)15-21(18)31-6;/h7-12,15H,13-14,16H2,1-6H3,(H,28,29)(H2,25,26,27);1H. The Labute approximate surface area is 213 Å². The fourth-order valence-electron chi connectivity index (χ4n) is 2.90. The zero-order valence-electron chi connectivity index (χ0n) is 20.2. The monoisotopic (exact) mass is 570 g/mol. The summed E-state index contributed by atoms with van der Waals surface area (Å²) in [5, 5.41) is 9.33. The van der Waals surface area contributed by atoms with Crippen LogP contribution in [0.4, 0.5) is 10.5 Å². The van der Waals surface area contributed by atoms with Gasteiger partial charge in [0.2, 0.25) is 0 Å². The zero-order chi connectivity index (χ0) is 23.6. The van der Waals surface area contributed by atoms with Crippen LogP contribution in [0.1, 0.15) is 31.9 Å². The summed E-state index contributed by atoms with van der Waals surface area (Å²) in [5.41, 5.74) is 2.31. The summed E-state index contributed by atoms with van der Waals surface area (Å²) < 4.78 is 15.9. The van der Waals surface area contributed by atoms with E-state index < -0.39 is 11.7 Å². The molecular weight excluding hydrogens is 535 g/mol. The minimum absolute atomic E-state index is 0. The van der Waals surface area contributed by atoms with Gasteiger partial charge in [-0.05, 0) is 57.0 Å². The first-order valence-corrected chi connectivity index (χ1v) is 10.5. The highest BCUT2D eigenvalue weighted by Crippen LogP contribution is 2.24. The van der Waals surface area contributed by atoms with E-state index in [4.69, 9.17) is 14.2 Å². The van der Waals surface area contributed by atoms with Gasteiger partial charge in [-0.2, -0.15) is 0 Å². The van der Waals surface area contributed by atoms with Crippen LogP contribution in [0.5, 0.6) is 11.5 Å². The lowest BCUT2D eigenvalue weighted by molar-refractivity contribution is 0.0636. The summed E-state index contributed by atoms with van der Waals surface area (Å²) in [7, 11) is 5.00. The quantitative estimate of drug-likeness (QED) is 0.245. The topological polar surface area (TPSA) is 93.2 Å². The molecule has 8 nitrogen and oxygen atoms in total. The number of guanidine groups is 1. The molecule has 0 radical (unpaired) electrons. The molecule has 33 heavy (non-hydrogen) atoms. The number of carbonyl (C=O) groups is 1. The first kappa shape index (κ1) is 28.3. The van der Waals surface area contributed by atoms with Crippen LogP contribution in [-0.4, -0.2) is 45.5 Å². The molecule has 0 atom stereocenters. The van der Waals surface area contributed by atoms with Crippen molar-refractivity contribution in [2.75, 3.05) is 33.1 Å². The third-order valence-corrected chi connectivity index (χ3v) is 4.47. The largest absolute Gasteiger partial charge is 0.497 e. The summed E-state index contributed by atoms with van der Waals surface area (Å²) in [4.78, 5) is 16.1. The van der Waals surface area contributed by atoms with Gasteiger partial charge in [0.25, 0.3) is 0 Å². The maximum atomic E-state index is 11.9. The van der Waals surface area contributed by atoms with Crippen molar-refractivity contribution in [2.24, 2.45) is 4.99 Å². The molecule has 0 unspecified atom stereocenters. The Hall–Kier alpha value is -2.69. The van der Waals surface area contributed by atoms with Crippen molar-refractivity contribution in [2.45, 2.75) is 39.3 Å². The molecular formula is C24H35IN4O4. The number of hydrogen-bond acceptors (Lipinski definition) is 5. The molecule has 0 saturated carbocycles. The molecule has 2 rings (SSSR count). The van der Waals surface area contributed by atoms with Crippen LogP contribution in [0.3, 0.4) is 0 Å². The van der Waals surface area contributed by atoms with E-state index in [0.717, 1.165) is 29.0 Å². The minimum Gasteiger partial charge on any atom is -0.497 e. The molecule has 0 aliphatic rings. The second-order valence-electron chi connectivity index (χ2n) is 8.10. The highest BCUT2D eigenvalue weighted by molar-refractivity contribution is 14.0. The van der Waals surface area contributed by atoms with Crippen LogP contribution in [-0.2, 0) is 17.7 Å². The van der Waals surface area contributed by atoms with Crippen LogP contribution in [0.2, 0.25) is 0 Å². The normalized spacial score (nSPS) is 11.2. The third kappa shape index (κ3) is 10.2. The summed E-state index contributed by atoms with van der Waals surface area (Å²) in [6, 6.07) is 13.4.